The monoisotopic (exact) mass is 324 g/mol. The summed E-state index contributed by atoms with van der Waals surface area (Å²) < 4.78 is 5.46. The summed E-state index contributed by atoms with van der Waals surface area (Å²) in [6.45, 7) is 3.76. The lowest BCUT2D eigenvalue weighted by Gasteiger charge is -2.10. The van der Waals surface area contributed by atoms with Crippen LogP contribution >= 0.6 is 0 Å². The number of hydrogen-bond donors (Lipinski definition) is 2. The fourth-order valence-electron chi connectivity index (χ4n) is 2.46. The van der Waals surface area contributed by atoms with E-state index < -0.39 is 17.7 Å². The van der Waals surface area contributed by atoms with E-state index in [1.54, 1.807) is 18.2 Å². The van der Waals surface area contributed by atoms with Crippen molar-refractivity contribution < 1.29 is 19.1 Å². The van der Waals surface area contributed by atoms with Gasteiger partial charge in [-0.05, 0) is 49.2 Å². The SMILES string of the molecule is Cc1ccc(OCC(=O)Nc2cccc3c2C(=O)NC3=O)cc1C. The first kappa shape index (κ1) is 15.7. The average Bonchev–Trinajstić information content (AvgIpc) is 2.84. The Morgan fingerprint density at radius 1 is 1.08 bits per heavy atom. The highest BCUT2D eigenvalue weighted by Crippen LogP contribution is 2.24. The van der Waals surface area contributed by atoms with E-state index in [-0.39, 0.29) is 17.7 Å². The predicted molar refractivity (Wildman–Crippen MR) is 88.3 cm³/mol. The van der Waals surface area contributed by atoms with Crippen molar-refractivity contribution in [2.75, 3.05) is 11.9 Å². The zero-order valence-corrected chi connectivity index (χ0v) is 13.3. The third-order valence-corrected chi connectivity index (χ3v) is 3.89. The molecule has 2 aromatic carbocycles. The lowest BCUT2D eigenvalue weighted by Crippen LogP contribution is -2.23. The van der Waals surface area contributed by atoms with Crippen LogP contribution in [-0.2, 0) is 4.79 Å². The molecule has 3 amide bonds. The molecule has 1 aliphatic rings. The molecule has 6 nitrogen and oxygen atoms in total. The van der Waals surface area contributed by atoms with Crippen LogP contribution in [0.3, 0.4) is 0 Å². The normalized spacial score (nSPS) is 12.6. The predicted octanol–water partition coefficient (Wildman–Crippen LogP) is 2.20. The standard InChI is InChI=1S/C18H16N2O4/c1-10-6-7-12(8-11(10)2)24-9-15(21)19-14-5-3-4-13-16(14)18(23)20-17(13)22/h3-8H,9H2,1-2H3,(H,19,21)(H,20,22,23). The van der Waals surface area contributed by atoms with Gasteiger partial charge in [-0.1, -0.05) is 12.1 Å². The second kappa shape index (κ2) is 6.16. The number of ether oxygens (including phenoxy) is 1. The molecular formula is C18H16N2O4. The van der Waals surface area contributed by atoms with Gasteiger partial charge in [-0.2, -0.15) is 0 Å². The first-order valence-electron chi connectivity index (χ1n) is 7.44. The van der Waals surface area contributed by atoms with Crippen LogP contribution in [0.4, 0.5) is 5.69 Å². The number of anilines is 1. The lowest BCUT2D eigenvalue weighted by atomic mass is 10.1. The first-order valence-corrected chi connectivity index (χ1v) is 7.44. The Hall–Kier alpha value is -3.15. The quantitative estimate of drug-likeness (QED) is 0.845. The van der Waals surface area contributed by atoms with E-state index >= 15 is 0 Å². The molecule has 0 saturated carbocycles. The summed E-state index contributed by atoms with van der Waals surface area (Å²) in [5, 5.41) is 4.82. The van der Waals surface area contributed by atoms with Crippen LogP contribution in [0.1, 0.15) is 31.8 Å². The maximum Gasteiger partial charge on any atom is 0.262 e. The average molecular weight is 324 g/mol. The van der Waals surface area contributed by atoms with Crippen LogP contribution in [0, 0.1) is 13.8 Å². The van der Waals surface area contributed by atoms with Gasteiger partial charge in [-0.25, -0.2) is 0 Å². The molecular weight excluding hydrogens is 308 g/mol. The van der Waals surface area contributed by atoms with Crippen molar-refractivity contribution in [3.05, 3.63) is 58.7 Å². The van der Waals surface area contributed by atoms with Crippen LogP contribution in [0.5, 0.6) is 5.75 Å². The highest BCUT2D eigenvalue weighted by Gasteiger charge is 2.29. The molecule has 0 bridgehead atoms. The number of carbonyl (C=O) groups excluding carboxylic acids is 3. The Morgan fingerprint density at radius 3 is 2.62 bits per heavy atom. The second-order valence-corrected chi connectivity index (χ2v) is 5.59. The number of benzene rings is 2. The number of carbonyl (C=O) groups is 3. The van der Waals surface area contributed by atoms with Gasteiger partial charge in [0.2, 0.25) is 0 Å². The number of aryl methyl sites for hydroxylation is 2. The minimum atomic E-state index is -0.513. The van der Waals surface area contributed by atoms with Gasteiger partial charge < -0.3 is 10.1 Å². The van der Waals surface area contributed by atoms with Gasteiger partial charge in [0.05, 0.1) is 16.8 Å². The van der Waals surface area contributed by atoms with E-state index in [0.29, 0.717) is 11.4 Å². The fraction of sp³-hybridized carbons (Fsp3) is 0.167. The first-order chi connectivity index (χ1) is 11.5. The molecule has 1 aliphatic heterocycles. The largest absolute Gasteiger partial charge is 0.484 e. The third kappa shape index (κ3) is 2.99. The van der Waals surface area contributed by atoms with Gasteiger partial charge in [0.15, 0.2) is 6.61 Å². The minimum absolute atomic E-state index is 0.182. The fourth-order valence-corrected chi connectivity index (χ4v) is 2.46. The van der Waals surface area contributed by atoms with Crippen LogP contribution in [-0.4, -0.2) is 24.3 Å². The molecule has 0 radical (unpaired) electrons. The van der Waals surface area contributed by atoms with Crippen molar-refractivity contribution in [3.8, 4) is 5.75 Å². The van der Waals surface area contributed by atoms with Gasteiger partial charge in [0, 0.05) is 0 Å². The highest BCUT2D eigenvalue weighted by molar-refractivity contribution is 6.24. The maximum absolute atomic E-state index is 12.1. The van der Waals surface area contributed by atoms with Gasteiger partial charge in [0.1, 0.15) is 5.75 Å². The van der Waals surface area contributed by atoms with E-state index in [1.165, 1.54) is 6.07 Å². The molecule has 6 heteroatoms. The van der Waals surface area contributed by atoms with Crippen LogP contribution in [0.25, 0.3) is 0 Å². The van der Waals surface area contributed by atoms with E-state index in [0.717, 1.165) is 11.1 Å². The third-order valence-electron chi connectivity index (χ3n) is 3.89. The number of nitrogens with one attached hydrogen (secondary N) is 2. The van der Waals surface area contributed by atoms with Crippen molar-refractivity contribution >= 4 is 23.4 Å². The molecule has 0 aromatic heterocycles. The number of fused-ring (bicyclic) bond motifs is 1. The maximum atomic E-state index is 12.1. The summed E-state index contributed by atoms with van der Waals surface area (Å²) in [6, 6.07) is 10.3. The number of hydrogen-bond acceptors (Lipinski definition) is 4. The van der Waals surface area contributed by atoms with Crippen LogP contribution < -0.4 is 15.4 Å². The summed E-state index contributed by atoms with van der Waals surface area (Å²) in [5.74, 6) is -0.785. The number of rotatable bonds is 4. The van der Waals surface area contributed by atoms with Crippen molar-refractivity contribution in [2.24, 2.45) is 0 Å². The van der Waals surface area contributed by atoms with Crippen LogP contribution in [0.2, 0.25) is 0 Å². The molecule has 0 spiro atoms. The van der Waals surface area contributed by atoms with Crippen molar-refractivity contribution in [2.45, 2.75) is 13.8 Å². The molecule has 24 heavy (non-hydrogen) atoms. The topological polar surface area (TPSA) is 84.5 Å². The van der Waals surface area contributed by atoms with E-state index in [4.69, 9.17) is 4.74 Å². The molecule has 122 valence electrons. The summed E-state index contributed by atoms with van der Waals surface area (Å²) in [6.07, 6.45) is 0. The molecule has 2 N–H and O–H groups in total. The molecule has 3 rings (SSSR count). The molecule has 0 aliphatic carbocycles. The zero-order valence-electron chi connectivity index (χ0n) is 13.3. The smallest absolute Gasteiger partial charge is 0.262 e. The Kier molecular flexibility index (Phi) is 4.04. The molecule has 0 fully saturated rings. The van der Waals surface area contributed by atoms with E-state index in [2.05, 4.69) is 10.6 Å². The van der Waals surface area contributed by atoms with Gasteiger partial charge >= 0.3 is 0 Å². The number of amides is 3. The molecule has 2 aromatic rings. The van der Waals surface area contributed by atoms with E-state index in [9.17, 15) is 14.4 Å². The summed E-state index contributed by atoms with van der Waals surface area (Å²) in [5.41, 5.74) is 2.95. The summed E-state index contributed by atoms with van der Waals surface area (Å²) in [4.78, 5) is 35.5. The summed E-state index contributed by atoms with van der Waals surface area (Å²) in [7, 11) is 0. The Bertz CT molecular complexity index is 858. The van der Waals surface area contributed by atoms with Crippen LogP contribution in [0.15, 0.2) is 36.4 Å². The van der Waals surface area contributed by atoms with Gasteiger partial charge in [-0.15, -0.1) is 0 Å². The Balaban J connectivity index is 1.69. The molecule has 0 unspecified atom stereocenters. The van der Waals surface area contributed by atoms with Gasteiger partial charge in [0.25, 0.3) is 17.7 Å². The lowest BCUT2D eigenvalue weighted by molar-refractivity contribution is -0.118. The second-order valence-electron chi connectivity index (χ2n) is 5.59. The zero-order chi connectivity index (χ0) is 17.3. The van der Waals surface area contributed by atoms with E-state index in [1.807, 2.05) is 26.0 Å². The Labute approximate surface area is 138 Å². The Morgan fingerprint density at radius 2 is 1.88 bits per heavy atom. The van der Waals surface area contributed by atoms with Crippen molar-refractivity contribution in [3.63, 3.8) is 0 Å². The summed E-state index contributed by atoms with van der Waals surface area (Å²) >= 11 is 0. The van der Waals surface area contributed by atoms with Gasteiger partial charge in [-0.3, -0.25) is 19.7 Å². The molecule has 0 atom stereocenters. The highest BCUT2D eigenvalue weighted by atomic mass is 16.5. The number of imide groups is 1. The minimum Gasteiger partial charge on any atom is -0.484 e. The molecule has 1 heterocycles. The van der Waals surface area contributed by atoms with Crippen molar-refractivity contribution in [1.82, 2.24) is 5.32 Å². The molecule has 0 saturated heterocycles. The van der Waals surface area contributed by atoms with Crippen molar-refractivity contribution in [1.29, 1.82) is 0 Å².